The van der Waals surface area contributed by atoms with Gasteiger partial charge in [-0.15, -0.1) is 0 Å². The normalized spacial score (nSPS) is 13.4. The molecule has 1 aromatic carbocycles. The van der Waals surface area contributed by atoms with Crippen LogP contribution < -0.4 is 5.32 Å². The van der Waals surface area contributed by atoms with Gasteiger partial charge in [-0.1, -0.05) is 18.2 Å². The fourth-order valence-corrected chi connectivity index (χ4v) is 1.92. The maximum Gasteiger partial charge on any atom is 0.0991 e. The fraction of sp³-hybridized carbons (Fsp3) is 0.250. The predicted molar refractivity (Wildman–Crippen MR) is 76.8 cm³/mol. The lowest BCUT2D eigenvalue weighted by Gasteiger charge is -2.17. The standard InChI is InChI=1S/C16H17N3O/c1-12(15-4-2-3-9-18-15)19-11-16(20)14-7-5-13(10-17)6-8-14/h2-9,12,16,19-20H,11H2,1H3/t12-,16?/m1/s1. The minimum absolute atomic E-state index is 0.0734. The summed E-state index contributed by atoms with van der Waals surface area (Å²) in [7, 11) is 0. The van der Waals surface area contributed by atoms with Crippen LogP contribution >= 0.6 is 0 Å². The van der Waals surface area contributed by atoms with Gasteiger partial charge in [-0.3, -0.25) is 4.98 Å². The predicted octanol–water partition coefficient (Wildman–Crippen LogP) is 2.34. The molecule has 0 saturated carbocycles. The van der Waals surface area contributed by atoms with Crippen molar-refractivity contribution >= 4 is 0 Å². The number of nitrogens with one attached hydrogen (secondary N) is 1. The Kier molecular flexibility index (Phi) is 4.83. The van der Waals surface area contributed by atoms with Crippen LogP contribution in [0.1, 0.15) is 35.9 Å². The quantitative estimate of drug-likeness (QED) is 0.872. The third-order valence-electron chi connectivity index (χ3n) is 3.17. The molecule has 0 bridgehead atoms. The Hall–Kier alpha value is -2.22. The summed E-state index contributed by atoms with van der Waals surface area (Å²) in [5.41, 5.74) is 2.33. The van der Waals surface area contributed by atoms with Crippen LogP contribution in [0.25, 0.3) is 0 Å². The lowest BCUT2D eigenvalue weighted by atomic mass is 10.1. The van der Waals surface area contributed by atoms with Crippen LogP contribution in [0, 0.1) is 11.3 Å². The van der Waals surface area contributed by atoms with E-state index in [1.807, 2.05) is 25.1 Å². The second-order valence-electron chi connectivity index (χ2n) is 4.63. The molecule has 0 radical (unpaired) electrons. The van der Waals surface area contributed by atoms with E-state index in [9.17, 15) is 5.11 Å². The van der Waals surface area contributed by atoms with Gasteiger partial charge in [-0.2, -0.15) is 5.26 Å². The lowest BCUT2D eigenvalue weighted by molar-refractivity contribution is 0.170. The van der Waals surface area contributed by atoms with E-state index in [-0.39, 0.29) is 6.04 Å². The number of rotatable bonds is 5. The Bertz CT molecular complexity index is 575. The number of hydrogen-bond donors (Lipinski definition) is 2. The maximum absolute atomic E-state index is 10.1. The van der Waals surface area contributed by atoms with Crippen LogP contribution in [-0.4, -0.2) is 16.6 Å². The summed E-state index contributed by atoms with van der Waals surface area (Å²) in [6, 6.07) is 14.9. The molecule has 0 spiro atoms. The first-order chi connectivity index (χ1) is 9.70. The van der Waals surface area contributed by atoms with Crippen molar-refractivity contribution < 1.29 is 5.11 Å². The van der Waals surface area contributed by atoms with Crippen LogP contribution in [0.2, 0.25) is 0 Å². The molecule has 0 aliphatic carbocycles. The smallest absolute Gasteiger partial charge is 0.0991 e. The highest BCUT2D eigenvalue weighted by atomic mass is 16.3. The van der Waals surface area contributed by atoms with Gasteiger partial charge in [0, 0.05) is 18.8 Å². The molecule has 2 rings (SSSR count). The molecule has 0 aliphatic heterocycles. The summed E-state index contributed by atoms with van der Waals surface area (Å²) < 4.78 is 0. The molecule has 20 heavy (non-hydrogen) atoms. The van der Waals surface area contributed by atoms with Crippen molar-refractivity contribution in [2.45, 2.75) is 19.1 Å². The van der Waals surface area contributed by atoms with Gasteiger partial charge in [0.05, 0.1) is 23.4 Å². The van der Waals surface area contributed by atoms with Crippen molar-refractivity contribution in [3.8, 4) is 6.07 Å². The van der Waals surface area contributed by atoms with Crippen molar-refractivity contribution in [1.82, 2.24) is 10.3 Å². The number of aliphatic hydroxyl groups excluding tert-OH is 1. The molecule has 0 saturated heterocycles. The molecule has 1 aromatic heterocycles. The zero-order valence-corrected chi connectivity index (χ0v) is 11.3. The number of aliphatic hydroxyl groups is 1. The van der Waals surface area contributed by atoms with Crippen LogP contribution in [0.3, 0.4) is 0 Å². The molecule has 2 atom stereocenters. The number of nitrogens with zero attached hydrogens (tertiary/aromatic N) is 2. The molecular weight excluding hydrogens is 250 g/mol. The monoisotopic (exact) mass is 267 g/mol. The van der Waals surface area contributed by atoms with Crippen LogP contribution in [0.4, 0.5) is 0 Å². The molecule has 4 heteroatoms. The Balaban J connectivity index is 1.91. The molecule has 2 aromatic rings. The summed E-state index contributed by atoms with van der Waals surface area (Å²) in [4.78, 5) is 4.27. The number of aromatic nitrogens is 1. The molecule has 102 valence electrons. The van der Waals surface area contributed by atoms with Crippen LogP contribution in [0.15, 0.2) is 48.7 Å². The van der Waals surface area contributed by atoms with Gasteiger partial charge >= 0.3 is 0 Å². The summed E-state index contributed by atoms with van der Waals surface area (Å²) in [6.07, 6.45) is 1.15. The molecule has 0 amide bonds. The van der Waals surface area contributed by atoms with Gasteiger partial charge in [0.25, 0.3) is 0 Å². The van der Waals surface area contributed by atoms with E-state index in [4.69, 9.17) is 5.26 Å². The Labute approximate surface area is 118 Å². The largest absolute Gasteiger partial charge is 0.387 e. The van der Waals surface area contributed by atoms with Crippen LogP contribution in [0.5, 0.6) is 0 Å². The fourth-order valence-electron chi connectivity index (χ4n) is 1.92. The van der Waals surface area contributed by atoms with E-state index in [1.165, 1.54) is 0 Å². The first kappa shape index (κ1) is 14.2. The average Bonchev–Trinajstić information content (AvgIpc) is 2.53. The Morgan fingerprint density at radius 3 is 2.60 bits per heavy atom. The summed E-state index contributed by atoms with van der Waals surface area (Å²) in [6.45, 7) is 2.44. The second kappa shape index (κ2) is 6.80. The lowest BCUT2D eigenvalue weighted by Crippen LogP contribution is -2.25. The van der Waals surface area contributed by atoms with Crippen molar-refractivity contribution in [3.05, 3.63) is 65.5 Å². The molecule has 1 heterocycles. The average molecular weight is 267 g/mol. The maximum atomic E-state index is 10.1. The highest BCUT2D eigenvalue weighted by Gasteiger charge is 2.11. The summed E-state index contributed by atoms with van der Waals surface area (Å²) in [5, 5.41) is 22.1. The zero-order chi connectivity index (χ0) is 14.4. The molecular formula is C16H17N3O. The van der Waals surface area contributed by atoms with E-state index in [1.54, 1.807) is 30.5 Å². The number of nitriles is 1. The second-order valence-corrected chi connectivity index (χ2v) is 4.63. The van der Waals surface area contributed by atoms with Crippen molar-refractivity contribution in [2.75, 3.05) is 6.54 Å². The summed E-state index contributed by atoms with van der Waals surface area (Å²) in [5.74, 6) is 0. The number of benzene rings is 1. The molecule has 4 nitrogen and oxygen atoms in total. The molecule has 0 fully saturated rings. The van der Waals surface area contributed by atoms with Gasteiger partial charge < -0.3 is 10.4 Å². The third kappa shape index (κ3) is 3.64. The highest BCUT2D eigenvalue weighted by Crippen LogP contribution is 2.15. The molecule has 0 aliphatic rings. The first-order valence-electron chi connectivity index (χ1n) is 6.53. The van der Waals surface area contributed by atoms with Crippen LogP contribution in [-0.2, 0) is 0 Å². The third-order valence-corrected chi connectivity index (χ3v) is 3.17. The number of pyridine rings is 1. The van der Waals surface area contributed by atoms with Crippen molar-refractivity contribution in [2.24, 2.45) is 0 Å². The minimum atomic E-state index is -0.603. The van der Waals surface area contributed by atoms with Gasteiger partial charge in [-0.05, 0) is 36.8 Å². The molecule has 1 unspecified atom stereocenters. The van der Waals surface area contributed by atoms with E-state index < -0.39 is 6.10 Å². The summed E-state index contributed by atoms with van der Waals surface area (Å²) >= 11 is 0. The van der Waals surface area contributed by atoms with E-state index >= 15 is 0 Å². The van der Waals surface area contributed by atoms with Crippen molar-refractivity contribution in [3.63, 3.8) is 0 Å². The topological polar surface area (TPSA) is 68.9 Å². The van der Waals surface area contributed by atoms with E-state index in [0.29, 0.717) is 12.1 Å². The number of hydrogen-bond acceptors (Lipinski definition) is 4. The van der Waals surface area contributed by atoms with Gasteiger partial charge in [0.1, 0.15) is 0 Å². The van der Waals surface area contributed by atoms with E-state index in [0.717, 1.165) is 11.3 Å². The van der Waals surface area contributed by atoms with Gasteiger partial charge in [-0.25, -0.2) is 0 Å². The van der Waals surface area contributed by atoms with Gasteiger partial charge in [0.2, 0.25) is 0 Å². The Morgan fingerprint density at radius 2 is 2.00 bits per heavy atom. The highest BCUT2D eigenvalue weighted by molar-refractivity contribution is 5.32. The zero-order valence-electron chi connectivity index (χ0n) is 11.3. The van der Waals surface area contributed by atoms with E-state index in [2.05, 4.69) is 16.4 Å². The SMILES string of the molecule is C[C@@H](NCC(O)c1ccc(C#N)cc1)c1ccccn1. The molecule has 2 N–H and O–H groups in total. The first-order valence-corrected chi connectivity index (χ1v) is 6.53. The van der Waals surface area contributed by atoms with Gasteiger partial charge in [0.15, 0.2) is 0 Å². The minimum Gasteiger partial charge on any atom is -0.387 e. The Morgan fingerprint density at radius 1 is 1.25 bits per heavy atom. The van der Waals surface area contributed by atoms with Crippen molar-refractivity contribution in [1.29, 1.82) is 5.26 Å².